The highest BCUT2D eigenvalue weighted by molar-refractivity contribution is 14.1. The van der Waals surface area contributed by atoms with Crippen molar-refractivity contribution in [1.29, 1.82) is 0 Å². The van der Waals surface area contributed by atoms with Crippen LogP contribution in [0.4, 0.5) is 5.69 Å². The third-order valence-electron chi connectivity index (χ3n) is 4.26. The first kappa shape index (κ1) is 23.2. The van der Waals surface area contributed by atoms with Gasteiger partial charge in [0.2, 0.25) is 0 Å². The Morgan fingerprint density at radius 3 is 2.62 bits per heavy atom. The van der Waals surface area contributed by atoms with Crippen LogP contribution in [0.1, 0.15) is 28.4 Å². The highest BCUT2D eigenvalue weighted by Crippen LogP contribution is 2.34. The molecule has 1 amide bonds. The number of carbonyl (C=O) groups excluding carboxylic acids is 1. The van der Waals surface area contributed by atoms with E-state index in [0.29, 0.717) is 30.3 Å². The minimum Gasteiger partial charge on any atom is -0.490 e. The number of nitro benzene ring substituents is 1. The smallest absolute Gasteiger partial charge is 0.271 e. The molecule has 0 saturated heterocycles. The van der Waals surface area contributed by atoms with Crippen molar-refractivity contribution in [1.82, 2.24) is 5.43 Å². The van der Waals surface area contributed by atoms with Crippen molar-refractivity contribution in [2.75, 3.05) is 6.61 Å². The van der Waals surface area contributed by atoms with Crippen molar-refractivity contribution >= 4 is 40.4 Å². The average molecular weight is 545 g/mol. The monoisotopic (exact) mass is 545 g/mol. The molecule has 0 aliphatic rings. The van der Waals surface area contributed by atoms with E-state index in [1.54, 1.807) is 6.07 Å². The Morgan fingerprint density at radius 2 is 1.91 bits per heavy atom. The van der Waals surface area contributed by atoms with Crippen LogP contribution in [-0.4, -0.2) is 23.7 Å². The van der Waals surface area contributed by atoms with E-state index in [4.69, 9.17) is 9.47 Å². The number of amides is 1. The number of hydrogen-bond acceptors (Lipinski definition) is 6. The summed E-state index contributed by atoms with van der Waals surface area (Å²) in [6.07, 6.45) is 1.47. The van der Waals surface area contributed by atoms with E-state index in [-0.39, 0.29) is 11.3 Å². The van der Waals surface area contributed by atoms with Gasteiger partial charge < -0.3 is 9.47 Å². The van der Waals surface area contributed by atoms with Gasteiger partial charge >= 0.3 is 0 Å². The van der Waals surface area contributed by atoms with Gasteiger partial charge in [0.15, 0.2) is 11.5 Å². The largest absolute Gasteiger partial charge is 0.490 e. The summed E-state index contributed by atoms with van der Waals surface area (Å²) in [5.41, 5.74) is 4.10. The minimum atomic E-state index is -0.557. The molecule has 32 heavy (non-hydrogen) atoms. The van der Waals surface area contributed by atoms with E-state index in [1.165, 1.54) is 30.5 Å². The van der Waals surface area contributed by atoms with Gasteiger partial charge in [-0.15, -0.1) is 0 Å². The van der Waals surface area contributed by atoms with Gasteiger partial charge in [0.25, 0.3) is 11.6 Å². The van der Waals surface area contributed by atoms with E-state index in [1.807, 2.05) is 43.3 Å². The molecule has 0 aliphatic heterocycles. The molecular formula is C23H20IN3O5. The van der Waals surface area contributed by atoms with Gasteiger partial charge in [-0.05, 0) is 58.8 Å². The second-order valence-electron chi connectivity index (χ2n) is 6.54. The van der Waals surface area contributed by atoms with Gasteiger partial charge in [-0.3, -0.25) is 14.9 Å². The van der Waals surface area contributed by atoms with Crippen LogP contribution in [0.2, 0.25) is 0 Å². The molecule has 0 fully saturated rings. The van der Waals surface area contributed by atoms with E-state index in [9.17, 15) is 14.9 Å². The molecule has 0 heterocycles. The Balaban J connectivity index is 1.72. The van der Waals surface area contributed by atoms with Gasteiger partial charge in [-0.25, -0.2) is 5.43 Å². The minimum absolute atomic E-state index is 0.144. The Hall–Kier alpha value is -3.47. The first-order valence-corrected chi connectivity index (χ1v) is 10.8. The van der Waals surface area contributed by atoms with Crippen LogP contribution in [-0.2, 0) is 6.61 Å². The number of rotatable bonds is 9. The summed E-state index contributed by atoms with van der Waals surface area (Å²) in [4.78, 5) is 22.5. The van der Waals surface area contributed by atoms with Crippen LogP contribution in [0, 0.1) is 13.7 Å². The van der Waals surface area contributed by atoms with E-state index >= 15 is 0 Å². The van der Waals surface area contributed by atoms with Gasteiger partial charge in [0, 0.05) is 17.7 Å². The first-order chi connectivity index (χ1) is 15.5. The lowest BCUT2D eigenvalue weighted by Gasteiger charge is -2.14. The maximum absolute atomic E-state index is 12.2. The highest BCUT2D eigenvalue weighted by atomic mass is 127. The quantitative estimate of drug-likeness (QED) is 0.178. The first-order valence-electron chi connectivity index (χ1n) is 9.69. The molecule has 3 aromatic rings. The molecule has 0 spiro atoms. The SMILES string of the molecule is CCOc1cc(/C=N\NC(=O)c2cccc([N+](=O)[O-])c2)cc(I)c1OCc1ccccc1. The van der Waals surface area contributed by atoms with Crippen LogP contribution < -0.4 is 14.9 Å². The summed E-state index contributed by atoms with van der Waals surface area (Å²) >= 11 is 2.16. The van der Waals surface area contributed by atoms with Gasteiger partial charge in [0.05, 0.1) is 21.3 Å². The van der Waals surface area contributed by atoms with Gasteiger partial charge in [0.1, 0.15) is 6.61 Å². The number of hydrogen-bond donors (Lipinski definition) is 1. The molecule has 8 nitrogen and oxygen atoms in total. The number of ether oxygens (including phenoxy) is 2. The lowest BCUT2D eigenvalue weighted by molar-refractivity contribution is -0.384. The predicted octanol–water partition coefficient (Wildman–Crippen LogP) is 4.94. The van der Waals surface area contributed by atoms with Crippen molar-refractivity contribution in [3.8, 4) is 11.5 Å². The number of carbonyl (C=O) groups is 1. The normalized spacial score (nSPS) is 10.7. The molecule has 164 valence electrons. The zero-order valence-electron chi connectivity index (χ0n) is 17.2. The zero-order valence-corrected chi connectivity index (χ0v) is 19.3. The number of benzene rings is 3. The molecule has 0 aliphatic carbocycles. The molecule has 1 N–H and O–H groups in total. The van der Waals surface area contributed by atoms with E-state index in [2.05, 4.69) is 33.1 Å². The molecule has 0 bridgehead atoms. The van der Waals surface area contributed by atoms with Crippen molar-refractivity contribution < 1.29 is 19.2 Å². The zero-order chi connectivity index (χ0) is 22.9. The Bertz CT molecular complexity index is 1140. The molecule has 0 saturated carbocycles. The predicted molar refractivity (Wildman–Crippen MR) is 129 cm³/mol. The summed E-state index contributed by atoms with van der Waals surface area (Å²) in [5.74, 6) is 0.656. The van der Waals surface area contributed by atoms with Crippen molar-refractivity contribution in [3.05, 3.63) is 97.1 Å². The highest BCUT2D eigenvalue weighted by Gasteiger charge is 2.13. The molecule has 9 heteroatoms. The fraction of sp³-hybridized carbons (Fsp3) is 0.130. The number of nitrogens with zero attached hydrogens (tertiary/aromatic N) is 2. The topological polar surface area (TPSA) is 103 Å². The van der Waals surface area contributed by atoms with Crippen LogP contribution in [0.15, 0.2) is 71.8 Å². The summed E-state index contributed by atoms with van der Waals surface area (Å²) in [6, 6.07) is 18.9. The number of hydrazone groups is 1. The van der Waals surface area contributed by atoms with Gasteiger partial charge in [-0.2, -0.15) is 5.10 Å². The van der Waals surface area contributed by atoms with Crippen molar-refractivity contribution in [2.24, 2.45) is 5.10 Å². The van der Waals surface area contributed by atoms with Crippen LogP contribution in [0.25, 0.3) is 0 Å². The summed E-state index contributed by atoms with van der Waals surface area (Å²) < 4.78 is 12.6. The molecule has 0 atom stereocenters. The second-order valence-corrected chi connectivity index (χ2v) is 7.71. The number of halogens is 1. The standard InChI is InChI=1S/C23H20IN3O5/c1-2-31-21-12-17(11-20(24)22(21)32-15-16-7-4-3-5-8-16)14-25-26-23(28)18-9-6-10-19(13-18)27(29)30/h3-14H,2,15H2,1H3,(H,26,28)/b25-14-. The molecule has 0 radical (unpaired) electrons. The van der Waals surface area contributed by atoms with Crippen LogP contribution >= 0.6 is 22.6 Å². The van der Waals surface area contributed by atoms with E-state index in [0.717, 1.165) is 9.13 Å². The molecule has 0 aromatic heterocycles. The van der Waals surface area contributed by atoms with E-state index < -0.39 is 10.8 Å². The lowest BCUT2D eigenvalue weighted by atomic mass is 10.2. The summed E-state index contributed by atoms with van der Waals surface area (Å²) in [5, 5.41) is 14.8. The third-order valence-corrected chi connectivity index (χ3v) is 5.06. The average Bonchev–Trinajstić information content (AvgIpc) is 2.79. The van der Waals surface area contributed by atoms with Crippen LogP contribution in [0.3, 0.4) is 0 Å². The fourth-order valence-corrected chi connectivity index (χ4v) is 3.57. The maximum Gasteiger partial charge on any atom is 0.271 e. The van der Waals surface area contributed by atoms with Crippen LogP contribution in [0.5, 0.6) is 11.5 Å². The summed E-state index contributed by atoms with van der Waals surface area (Å²) in [6.45, 7) is 2.75. The number of non-ortho nitro benzene ring substituents is 1. The van der Waals surface area contributed by atoms with Gasteiger partial charge in [-0.1, -0.05) is 36.4 Å². The molecular weight excluding hydrogens is 525 g/mol. The maximum atomic E-state index is 12.2. The van der Waals surface area contributed by atoms with Crippen molar-refractivity contribution in [2.45, 2.75) is 13.5 Å². The fourth-order valence-electron chi connectivity index (χ4n) is 2.79. The molecule has 3 aromatic carbocycles. The number of nitrogens with one attached hydrogen (secondary N) is 1. The Labute approximate surface area is 198 Å². The lowest BCUT2D eigenvalue weighted by Crippen LogP contribution is -2.17. The number of nitro groups is 1. The Morgan fingerprint density at radius 1 is 1.12 bits per heavy atom. The third kappa shape index (κ3) is 6.27. The Kier molecular flexibility index (Phi) is 8.14. The summed E-state index contributed by atoms with van der Waals surface area (Å²) in [7, 11) is 0. The second kappa shape index (κ2) is 11.2. The van der Waals surface area contributed by atoms with Crippen molar-refractivity contribution in [3.63, 3.8) is 0 Å². The molecule has 3 rings (SSSR count). The molecule has 0 unspecified atom stereocenters.